The second-order valence-corrected chi connectivity index (χ2v) is 7.09. The van der Waals surface area contributed by atoms with Gasteiger partial charge in [-0.15, -0.1) is 0 Å². The van der Waals surface area contributed by atoms with Gasteiger partial charge in [-0.05, 0) is 17.7 Å². The van der Waals surface area contributed by atoms with Gasteiger partial charge in [0.25, 0.3) is 0 Å². The van der Waals surface area contributed by atoms with Gasteiger partial charge in [0.1, 0.15) is 0 Å². The molecule has 2 saturated heterocycles. The van der Waals surface area contributed by atoms with Gasteiger partial charge in [-0.25, -0.2) is 0 Å². The van der Waals surface area contributed by atoms with Gasteiger partial charge in [0.05, 0.1) is 25.2 Å². The largest absolute Gasteiger partial charge is 0.394 e. The number of hydrogen-bond acceptors (Lipinski definition) is 3. The molecule has 3 atom stereocenters. The van der Waals surface area contributed by atoms with E-state index >= 15 is 0 Å². The van der Waals surface area contributed by atoms with Crippen molar-refractivity contribution < 1.29 is 14.7 Å². The zero-order chi connectivity index (χ0) is 18.1. The Morgan fingerprint density at radius 2 is 2.00 bits per heavy atom. The normalized spacial score (nSPS) is 25.2. The van der Waals surface area contributed by atoms with Crippen LogP contribution in [0.15, 0.2) is 24.3 Å². The molecule has 0 aromatic heterocycles. The Morgan fingerprint density at radius 1 is 1.32 bits per heavy atom. The van der Waals surface area contributed by atoms with Crippen molar-refractivity contribution in [2.24, 2.45) is 5.92 Å². The second-order valence-electron chi connectivity index (χ2n) is 7.09. The van der Waals surface area contributed by atoms with Gasteiger partial charge in [-0.1, -0.05) is 37.8 Å². The first-order chi connectivity index (χ1) is 11.9. The molecule has 1 aromatic carbocycles. The number of nitrogens with zero attached hydrogens (tertiary/aromatic N) is 2. The van der Waals surface area contributed by atoms with Crippen molar-refractivity contribution in [3.8, 4) is 11.8 Å². The van der Waals surface area contributed by atoms with Crippen molar-refractivity contribution >= 4 is 11.8 Å². The lowest BCUT2D eigenvalue weighted by molar-refractivity contribution is -0.166. The van der Waals surface area contributed by atoms with Crippen LogP contribution in [0.2, 0.25) is 0 Å². The summed E-state index contributed by atoms with van der Waals surface area (Å²) < 4.78 is 0. The minimum Gasteiger partial charge on any atom is -0.394 e. The molecule has 25 heavy (non-hydrogen) atoms. The highest BCUT2D eigenvalue weighted by Gasteiger charge is 2.54. The zero-order valence-corrected chi connectivity index (χ0v) is 14.9. The molecule has 3 rings (SSSR count). The first kappa shape index (κ1) is 17.5. The van der Waals surface area contributed by atoms with Crippen molar-refractivity contribution in [1.29, 1.82) is 0 Å². The van der Waals surface area contributed by atoms with E-state index in [2.05, 4.69) is 25.7 Å². The average Bonchev–Trinajstić information content (AvgIpc) is 2.55. The first-order valence-corrected chi connectivity index (χ1v) is 8.71. The van der Waals surface area contributed by atoms with Gasteiger partial charge in [0, 0.05) is 30.9 Å². The molecule has 2 aliphatic rings. The predicted octanol–water partition coefficient (Wildman–Crippen LogP) is 1.21. The molecule has 0 saturated carbocycles. The number of carbonyl (C=O) groups excluding carboxylic acids is 2. The molecule has 0 spiro atoms. The number of rotatable bonds is 2. The second kappa shape index (κ2) is 6.89. The van der Waals surface area contributed by atoms with Crippen LogP contribution < -0.4 is 0 Å². The Hall–Kier alpha value is -2.32. The summed E-state index contributed by atoms with van der Waals surface area (Å²) in [7, 11) is 0. The van der Waals surface area contributed by atoms with E-state index in [1.165, 1.54) is 6.92 Å². The van der Waals surface area contributed by atoms with Crippen LogP contribution in [0.25, 0.3) is 0 Å². The molecule has 0 aliphatic carbocycles. The predicted molar refractivity (Wildman–Crippen MR) is 94.7 cm³/mol. The first-order valence-electron chi connectivity index (χ1n) is 8.71. The number of hydrogen-bond donors (Lipinski definition) is 1. The van der Waals surface area contributed by atoms with Gasteiger partial charge in [0.15, 0.2) is 0 Å². The molecular formula is C20H24N2O3. The van der Waals surface area contributed by atoms with Gasteiger partial charge in [-0.3, -0.25) is 9.59 Å². The van der Waals surface area contributed by atoms with Crippen LogP contribution >= 0.6 is 0 Å². The minimum atomic E-state index is -0.209. The zero-order valence-electron chi connectivity index (χ0n) is 14.9. The molecule has 5 nitrogen and oxygen atoms in total. The summed E-state index contributed by atoms with van der Waals surface area (Å²) in [5.74, 6) is 6.48. The lowest BCUT2D eigenvalue weighted by Crippen LogP contribution is -2.73. The van der Waals surface area contributed by atoms with Crippen molar-refractivity contribution in [3.63, 3.8) is 0 Å². The third-order valence-electron chi connectivity index (χ3n) is 5.00. The lowest BCUT2D eigenvalue weighted by atomic mass is 9.73. The summed E-state index contributed by atoms with van der Waals surface area (Å²) in [6, 6.07) is 7.73. The van der Waals surface area contributed by atoms with Crippen LogP contribution in [-0.2, 0) is 9.59 Å². The van der Waals surface area contributed by atoms with Crippen LogP contribution in [0.5, 0.6) is 0 Å². The molecule has 5 heteroatoms. The molecule has 1 aromatic rings. The molecule has 0 unspecified atom stereocenters. The smallest absolute Gasteiger partial charge is 0.242 e. The number of aliphatic hydroxyl groups excluding tert-OH is 1. The van der Waals surface area contributed by atoms with Crippen molar-refractivity contribution in [3.05, 3.63) is 35.4 Å². The molecule has 2 amide bonds. The fourth-order valence-corrected chi connectivity index (χ4v) is 3.76. The Labute approximate surface area is 148 Å². The van der Waals surface area contributed by atoms with E-state index < -0.39 is 0 Å². The van der Waals surface area contributed by atoms with Gasteiger partial charge in [0.2, 0.25) is 11.8 Å². The number of benzene rings is 1. The molecule has 2 aliphatic heterocycles. The molecule has 1 N–H and O–H groups in total. The summed E-state index contributed by atoms with van der Waals surface area (Å²) in [5.41, 5.74) is 2.04. The van der Waals surface area contributed by atoms with Crippen LogP contribution in [-0.4, -0.2) is 58.5 Å². The average molecular weight is 340 g/mol. The van der Waals surface area contributed by atoms with E-state index in [4.69, 9.17) is 0 Å². The minimum absolute atomic E-state index is 0.0446. The van der Waals surface area contributed by atoms with Crippen LogP contribution in [0.4, 0.5) is 0 Å². The molecular weight excluding hydrogens is 316 g/mol. The van der Waals surface area contributed by atoms with E-state index in [0.29, 0.717) is 12.5 Å². The van der Waals surface area contributed by atoms with Crippen LogP contribution in [0.3, 0.4) is 0 Å². The maximum absolute atomic E-state index is 12.3. The fraction of sp³-hybridized carbons (Fsp3) is 0.500. The highest BCUT2D eigenvalue weighted by molar-refractivity contribution is 5.87. The molecule has 0 radical (unpaired) electrons. The topological polar surface area (TPSA) is 60.9 Å². The van der Waals surface area contributed by atoms with Crippen molar-refractivity contribution in [2.45, 2.75) is 38.8 Å². The Kier molecular flexibility index (Phi) is 4.82. The molecule has 2 heterocycles. The van der Waals surface area contributed by atoms with Gasteiger partial charge in [-0.2, -0.15) is 0 Å². The highest BCUT2D eigenvalue weighted by atomic mass is 16.3. The van der Waals surface area contributed by atoms with E-state index in [-0.39, 0.29) is 43.0 Å². The number of fused-ring (bicyclic) bond motifs is 1. The van der Waals surface area contributed by atoms with E-state index in [1.807, 2.05) is 24.3 Å². The molecule has 0 bridgehead atoms. The molecule has 2 fully saturated rings. The number of piperazine rings is 1. The SMILES string of the molecule is CC(=O)N1CC(=O)N2[C@H](CO)[C@H](c3ccc(C#CC(C)C)cc3)[C@H]2C1. The quantitative estimate of drug-likeness (QED) is 0.824. The molecule has 132 valence electrons. The van der Waals surface area contributed by atoms with E-state index in [9.17, 15) is 14.7 Å². The lowest BCUT2D eigenvalue weighted by Gasteiger charge is -2.58. The number of carbonyl (C=O) groups is 2. The maximum atomic E-state index is 12.3. The summed E-state index contributed by atoms with van der Waals surface area (Å²) in [6.07, 6.45) is 0. The number of aliphatic hydroxyl groups is 1. The van der Waals surface area contributed by atoms with E-state index in [1.54, 1.807) is 9.80 Å². The fourth-order valence-electron chi connectivity index (χ4n) is 3.76. The van der Waals surface area contributed by atoms with Crippen molar-refractivity contribution in [1.82, 2.24) is 9.80 Å². The monoisotopic (exact) mass is 340 g/mol. The van der Waals surface area contributed by atoms with Crippen molar-refractivity contribution in [2.75, 3.05) is 19.7 Å². The highest BCUT2D eigenvalue weighted by Crippen LogP contribution is 2.42. The Morgan fingerprint density at radius 3 is 2.56 bits per heavy atom. The Bertz CT molecular complexity index is 730. The summed E-state index contributed by atoms with van der Waals surface area (Å²) in [4.78, 5) is 27.3. The summed E-state index contributed by atoms with van der Waals surface area (Å²) in [5, 5.41) is 9.75. The third-order valence-corrected chi connectivity index (χ3v) is 5.00. The number of amides is 2. The maximum Gasteiger partial charge on any atom is 0.242 e. The van der Waals surface area contributed by atoms with Crippen LogP contribution in [0.1, 0.15) is 37.8 Å². The summed E-state index contributed by atoms with van der Waals surface area (Å²) in [6.45, 7) is 6.16. The third kappa shape index (κ3) is 3.27. The van der Waals surface area contributed by atoms with Gasteiger partial charge >= 0.3 is 0 Å². The summed E-state index contributed by atoms with van der Waals surface area (Å²) >= 11 is 0. The Balaban J connectivity index is 1.82. The standard InChI is InChI=1S/C20H24N2O3/c1-13(2)4-5-15-6-8-16(9-7-15)20-17-10-21(14(3)24)11-19(25)22(17)18(20)12-23/h6-9,13,17-18,20,23H,10-12H2,1-3H3/t17-,18-,20-/m1/s1. The van der Waals surface area contributed by atoms with Gasteiger partial charge < -0.3 is 14.9 Å². The van der Waals surface area contributed by atoms with Crippen LogP contribution in [0, 0.1) is 17.8 Å². The van der Waals surface area contributed by atoms with E-state index in [0.717, 1.165) is 11.1 Å².